The summed E-state index contributed by atoms with van der Waals surface area (Å²) in [4.78, 5) is 0. The zero-order chi connectivity index (χ0) is 20.4. The van der Waals surface area contributed by atoms with Gasteiger partial charge in [0.2, 0.25) is 0 Å². The monoisotopic (exact) mass is 406 g/mol. The van der Waals surface area contributed by atoms with Crippen LogP contribution in [0.15, 0.2) is 60.7 Å². The number of hydrogen-bond acceptors (Lipinski definition) is 2. The van der Waals surface area contributed by atoms with Crippen molar-refractivity contribution in [2.24, 2.45) is 23.7 Å². The molecule has 162 valence electrons. The van der Waals surface area contributed by atoms with Crippen LogP contribution in [0.5, 0.6) is 0 Å². The lowest BCUT2D eigenvalue weighted by Crippen LogP contribution is -2.37. The SMILES string of the molecule is c1ccc(COC[C@@H]2CCCC[C@@H]2[C@H]2CCCC[C@H]2COCc2ccccc2)cc1. The van der Waals surface area contributed by atoms with E-state index in [-0.39, 0.29) is 0 Å². The van der Waals surface area contributed by atoms with Crippen LogP contribution in [0.3, 0.4) is 0 Å². The normalized spacial score (nSPS) is 27.1. The maximum absolute atomic E-state index is 6.22. The molecule has 2 aliphatic rings. The standard InChI is InChI=1S/C28H38O2/c1-3-11-23(12-4-1)19-29-21-25-15-7-9-17-27(25)28-18-10-8-16-26(28)22-30-20-24-13-5-2-6-14-24/h1-6,11-14,25-28H,7-10,15-22H2/t25-,26-,27-,28-/m0/s1. The molecule has 0 heterocycles. The van der Waals surface area contributed by atoms with Gasteiger partial charge in [-0.1, -0.05) is 86.3 Å². The zero-order valence-electron chi connectivity index (χ0n) is 18.4. The lowest BCUT2D eigenvalue weighted by Gasteiger charge is -2.43. The molecule has 2 aliphatic carbocycles. The van der Waals surface area contributed by atoms with E-state index in [4.69, 9.17) is 9.47 Å². The van der Waals surface area contributed by atoms with Gasteiger partial charge in [-0.2, -0.15) is 0 Å². The molecule has 2 fully saturated rings. The first kappa shape index (κ1) is 21.6. The van der Waals surface area contributed by atoms with Gasteiger partial charge in [-0.25, -0.2) is 0 Å². The smallest absolute Gasteiger partial charge is 0.0717 e. The average molecular weight is 407 g/mol. The van der Waals surface area contributed by atoms with Crippen LogP contribution in [0, 0.1) is 23.7 Å². The molecule has 0 amide bonds. The van der Waals surface area contributed by atoms with Crippen LogP contribution in [0.4, 0.5) is 0 Å². The van der Waals surface area contributed by atoms with Crippen LogP contribution in [0.25, 0.3) is 0 Å². The van der Waals surface area contributed by atoms with E-state index in [9.17, 15) is 0 Å². The molecule has 2 nitrogen and oxygen atoms in total. The van der Waals surface area contributed by atoms with Gasteiger partial charge in [0.1, 0.15) is 0 Å². The summed E-state index contributed by atoms with van der Waals surface area (Å²) in [6.45, 7) is 3.35. The van der Waals surface area contributed by atoms with Crippen LogP contribution in [0.2, 0.25) is 0 Å². The van der Waals surface area contributed by atoms with Gasteiger partial charge in [-0.15, -0.1) is 0 Å². The highest BCUT2D eigenvalue weighted by Gasteiger charge is 2.37. The first-order chi connectivity index (χ1) is 14.9. The van der Waals surface area contributed by atoms with Crippen LogP contribution in [-0.2, 0) is 22.7 Å². The molecule has 2 aromatic carbocycles. The first-order valence-corrected chi connectivity index (χ1v) is 12.1. The molecule has 0 aromatic heterocycles. The Morgan fingerprint density at radius 1 is 0.533 bits per heavy atom. The molecule has 0 saturated heterocycles. The summed E-state index contributed by atoms with van der Waals surface area (Å²) in [5, 5.41) is 0. The van der Waals surface area contributed by atoms with Gasteiger partial charge in [0, 0.05) is 0 Å². The molecule has 30 heavy (non-hydrogen) atoms. The lowest BCUT2D eigenvalue weighted by atomic mass is 9.64. The van der Waals surface area contributed by atoms with E-state index in [1.54, 1.807) is 0 Å². The Kier molecular flexibility index (Phi) is 8.40. The summed E-state index contributed by atoms with van der Waals surface area (Å²) in [6, 6.07) is 21.2. The van der Waals surface area contributed by atoms with Crippen LogP contribution in [-0.4, -0.2) is 13.2 Å². The van der Waals surface area contributed by atoms with Crippen molar-refractivity contribution in [3.63, 3.8) is 0 Å². The number of rotatable bonds is 9. The van der Waals surface area contributed by atoms with E-state index >= 15 is 0 Å². The molecule has 0 unspecified atom stereocenters. The molecule has 2 saturated carbocycles. The summed E-state index contributed by atoms with van der Waals surface area (Å²) in [6.07, 6.45) is 11.0. The third-order valence-electron chi connectivity index (χ3n) is 7.37. The Bertz CT molecular complexity index is 650. The van der Waals surface area contributed by atoms with E-state index in [2.05, 4.69) is 60.7 Å². The van der Waals surface area contributed by atoms with Gasteiger partial charge >= 0.3 is 0 Å². The van der Waals surface area contributed by atoms with Gasteiger partial charge in [0.05, 0.1) is 26.4 Å². The maximum atomic E-state index is 6.22. The van der Waals surface area contributed by atoms with Crippen molar-refractivity contribution in [1.82, 2.24) is 0 Å². The van der Waals surface area contributed by atoms with Crippen LogP contribution < -0.4 is 0 Å². The summed E-state index contributed by atoms with van der Waals surface area (Å²) in [5.74, 6) is 3.09. The summed E-state index contributed by atoms with van der Waals surface area (Å²) in [5.41, 5.74) is 2.57. The highest BCUT2D eigenvalue weighted by molar-refractivity contribution is 5.14. The molecule has 2 aromatic rings. The van der Waals surface area contributed by atoms with E-state index in [0.717, 1.165) is 50.1 Å². The lowest BCUT2D eigenvalue weighted by molar-refractivity contribution is -0.0165. The van der Waals surface area contributed by atoms with Crippen molar-refractivity contribution in [2.75, 3.05) is 13.2 Å². The minimum absolute atomic E-state index is 0.724. The fourth-order valence-corrected chi connectivity index (χ4v) is 5.82. The zero-order valence-corrected chi connectivity index (χ0v) is 18.4. The Labute approximate surface area is 183 Å². The van der Waals surface area contributed by atoms with Gasteiger partial charge in [0.25, 0.3) is 0 Å². The molecule has 4 rings (SSSR count). The van der Waals surface area contributed by atoms with Crippen molar-refractivity contribution in [2.45, 2.75) is 64.6 Å². The van der Waals surface area contributed by atoms with Crippen molar-refractivity contribution in [1.29, 1.82) is 0 Å². The molecule has 4 atom stereocenters. The van der Waals surface area contributed by atoms with E-state index in [1.165, 1.54) is 62.5 Å². The average Bonchev–Trinajstić information content (AvgIpc) is 2.81. The minimum atomic E-state index is 0.724. The van der Waals surface area contributed by atoms with Crippen LogP contribution in [0.1, 0.15) is 62.5 Å². The highest BCUT2D eigenvalue weighted by atomic mass is 16.5. The Morgan fingerprint density at radius 3 is 1.37 bits per heavy atom. The van der Waals surface area contributed by atoms with Crippen molar-refractivity contribution in [3.8, 4) is 0 Å². The molecular formula is C28H38O2. The minimum Gasteiger partial charge on any atom is -0.376 e. The topological polar surface area (TPSA) is 18.5 Å². The van der Waals surface area contributed by atoms with Gasteiger partial charge in [-0.3, -0.25) is 0 Å². The number of benzene rings is 2. The van der Waals surface area contributed by atoms with E-state index in [1.807, 2.05) is 0 Å². The molecule has 0 spiro atoms. The van der Waals surface area contributed by atoms with Gasteiger partial charge < -0.3 is 9.47 Å². The van der Waals surface area contributed by atoms with Crippen molar-refractivity contribution in [3.05, 3.63) is 71.8 Å². The summed E-state index contributed by atoms with van der Waals surface area (Å²) in [7, 11) is 0. The summed E-state index contributed by atoms with van der Waals surface area (Å²) < 4.78 is 12.4. The molecule has 2 heteroatoms. The highest BCUT2D eigenvalue weighted by Crippen LogP contribution is 2.44. The molecular weight excluding hydrogens is 368 g/mol. The quantitative estimate of drug-likeness (QED) is 0.445. The fraction of sp³-hybridized carbons (Fsp3) is 0.571. The Morgan fingerprint density at radius 2 is 0.933 bits per heavy atom. The molecule has 0 bridgehead atoms. The van der Waals surface area contributed by atoms with Crippen molar-refractivity contribution < 1.29 is 9.47 Å². The maximum Gasteiger partial charge on any atom is 0.0717 e. The van der Waals surface area contributed by atoms with E-state index in [0.29, 0.717) is 0 Å². The Hall–Kier alpha value is -1.64. The second kappa shape index (κ2) is 11.7. The second-order valence-corrected chi connectivity index (χ2v) is 9.42. The molecule has 0 aliphatic heterocycles. The van der Waals surface area contributed by atoms with Crippen LogP contribution >= 0.6 is 0 Å². The predicted octanol–water partition coefficient (Wildman–Crippen LogP) is 7.03. The van der Waals surface area contributed by atoms with Gasteiger partial charge in [0.15, 0.2) is 0 Å². The third-order valence-corrected chi connectivity index (χ3v) is 7.37. The van der Waals surface area contributed by atoms with Crippen molar-refractivity contribution >= 4 is 0 Å². The second-order valence-electron chi connectivity index (χ2n) is 9.42. The first-order valence-electron chi connectivity index (χ1n) is 12.1. The number of ether oxygens (including phenoxy) is 2. The Balaban J connectivity index is 1.31. The summed E-state index contributed by atoms with van der Waals surface area (Å²) >= 11 is 0. The predicted molar refractivity (Wildman–Crippen MR) is 123 cm³/mol. The molecule has 0 radical (unpaired) electrons. The number of hydrogen-bond donors (Lipinski definition) is 0. The van der Waals surface area contributed by atoms with E-state index < -0.39 is 0 Å². The van der Waals surface area contributed by atoms with Gasteiger partial charge in [-0.05, 0) is 60.5 Å². The largest absolute Gasteiger partial charge is 0.376 e. The fourth-order valence-electron chi connectivity index (χ4n) is 5.82. The molecule has 0 N–H and O–H groups in total. The third kappa shape index (κ3) is 6.18.